The molecule has 3 N–H and O–H groups in total. The van der Waals surface area contributed by atoms with Crippen molar-refractivity contribution in [2.75, 3.05) is 18.9 Å². The van der Waals surface area contributed by atoms with Crippen LogP contribution in [-0.4, -0.2) is 19.1 Å². The quantitative estimate of drug-likeness (QED) is 0.626. The van der Waals surface area contributed by atoms with Crippen molar-refractivity contribution in [3.63, 3.8) is 0 Å². The largest absolute Gasteiger partial charge is 0.492 e. The molecule has 110 valence electrons. The molecule has 1 amide bonds. The molecule has 0 aromatic heterocycles. The first-order chi connectivity index (χ1) is 10.0. The maximum absolute atomic E-state index is 11.9. The number of halogens is 2. The number of carbonyl (C=O) groups excluding carboxylic acids is 1. The summed E-state index contributed by atoms with van der Waals surface area (Å²) in [5.74, 6) is 0.476. The normalized spacial score (nSPS) is 10.2. The van der Waals surface area contributed by atoms with E-state index in [0.717, 1.165) is 4.47 Å². The highest BCUT2D eigenvalue weighted by molar-refractivity contribution is 9.10. The smallest absolute Gasteiger partial charge is 0.251 e. The lowest BCUT2D eigenvalue weighted by atomic mass is 10.2. The SMILES string of the molecule is Nc1cccc(OCCNC(=O)c2cc(Cl)cc(Br)c2)c1. The molecule has 2 aromatic rings. The molecule has 0 heterocycles. The van der Waals surface area contributed by atoms with Crippen LogP contribution in [-0.2, 0) is 0 Å². The Balaban J connectivity index is 1.82. The van der Waals surface area contributed by atoms with Crippen molar-refractivity contribution in [3.05, 3.63) is 57.5 Å². The van der Waals surface area contributed by atoms with Crippen LogP contribution in [0, 0.1) is 0 Å². The van der Waals surface area contributed by atoms with Gasteiger partial charge in [0.2, 0.25) is 0 Å². The number of ether oxygens (including phenoxy) is 1. The van der Waals surface area contributed by atoms with E-state index in [2.05, 4.69) is 21.2 Å². The van der Waals surface area contributed by atoms with Crippen LogP contribution in [0.5, 0.6) is 5.75 Å². The molecule has 0 spiro atoms. The van der Waals surface area contributed by atoms with Crippen molar-refractivity contribution in [2.45, 2.75) is 0 Å². The highest BCUT2D eigenvalue weighted by atomic mass is 79.9. The first-order valence-electron chi connectivity index (χ1n) is 6.27. The number of nitrogen functional groups attached to an aromatic ring is 1. The number of hydrogen-bond donors (Lipinski definition) is 2. The van der Waals surface area contributed by atoms with Crippen molar-refractivity contribution in [3.8, 4) is 5.75 Å². The van der Waals surface area contributed by atoms with E-state index in [1.807, 2.05) is 12.1 Å². The number of nitrogens with one attached hydrogen (secondary N) is 1. The monoisotopic (exact) mass is 368 g/mol. The Hall–Kier alpha value is -1.72. The number of benzene rings is 2. The molecule has 0 unspecified atom stereocenters. The summed E-state index contributed by atoms with van der Waals surface area (Å²) < 4.78 is 6.25. The standard InChI is InChI=1S/C15H14BrClN2O2/c16-11-6-10(7-12(17)8-11)15(20)19-4-5-21-14-3-1-2-13(18)9-14/h1-3,6-9H,4-5,18H2,(H,19,20). The summed E-state index contributed by atoms with van der Waals surface area (Å²) in [6, 6.07) is 12.2. The molecule has 4 nitrogen and oxygen atoms in total. The second-order valence-electron chi connectivity index (χ2n) is 4.33. The van der Waals surface area contributed by atoms with Gasteiger partial charge in [0.1, 0.15) is 12.4 Å². The molecule has 2 rings (SSSR count). The van der Waals surface area contributed by atoms with Gasteiger partial charge in [0.25, 0.3) is 5.91 Å². The van der Waals surface area contributed by atoms with Gasteiger partial charge in [-0.2, -0.15) is 0 Å². The van der Waals surface area contributed by atoms with E-state index in [-0.39, 0.29) is 5.91 Å². The number of nitrogens with two attached hydrogens (primary N) is 1. The number of anilines is 1. The van der Waals surface area contributed by atoms with Gasteiger partial charge in [-0.15, -0.1) is 0 Å². The van der Waals surface area contributed by atoms with Crippen molar-refractivity contribution in [2.24, 2.45) is 0 Å². The van der Waals surface area contributed by atoms with Crippen LogP contribution in [0.1, 0.15) is 10.4 Å². The second kappa shape index (κ2) is 7.33. The Morgan fingerprint density at radius 3 is 2.81 bits per heavy atom. The number of rotatable bonds is 5. The highest BCUT2D eigenvalue weighted by Crippen LogP contribution is 2.19. The van der Waals surface area contributed by atoms with Crippen molar-refractivity contribution in [1.82, 2.24) is 5.32 Å². The van der Waals surface area contributed by atoms with Crippen LogP contribution in [0.4, 0.5) is 5.69 Å². The van der Waals surface area contributed by atoms with E-state index in [9.17, 15) is 4.79 Å². The summed E-state index contributed by atoms with van der Waals surface area (Å²) in [5.41, 5.74) is 6.79. The van der Waals surface area contributed by atoms with E-state index >= 15 is 0 Å². The predicted molar refractivity (Wildman–Crippen MR) is 87.8 cm³/mol. The Morgan fingerprint density at radius 2 is 2.10 bits per heavy atom. The average Bonchev–Trinajstić information content (AvgIpc) is 2.42. The maximum atomic E-state index is 11.9. The third kappa shape index (κ3) is 4.95. The zero-order chi connectivity index (χ0) is 15.2. The zero-order valence-corrected chi connectivity index (χ0v) is 13.4. The molecule has 0 saturated heterocycles. The van der Waals surface area contributed by atoms with Gasteiger partial charge in [0.15, 0.2) is 0 Å². The van der Waals surface area contributed by atoms with E-state index in [4.69, 9.17) is 22.1 Å². The lowest BCUT2D eigenvalue weighted by molar-refractivity contribution is 0.0947. The molecule has 0 saturated carbocycles. The van der Waals surface area contributed by atoms with Crippen molar-refractivity contribution < 1.29 is 9.53 Å². The summed E-state index contributed by atoms with van der Waals surface area (Å²) >= 11 is 9.20. The summed E-state index contributed by atoms with van der Waals surface area (Å²) in [4.78, 5) is 11.9. The molecule has 0 radical (unpaired) electrons. The molecule has 0 atom stereocenters. The van der Waals surface area contributed by atoms with Gasteiger partial charge in [0.05, 0.1) is 6.54 Å². The lowest BCUT2D eigenvalue weighted by Gasteiger charge is -2.08. The minimum Gasteiger partial charge on any atom is -0.492 e. The Labute approximate surface area is 136 Å². The fourth-order valence-corrected chi connectivity index (χ4v) is 2.58. The van der Waals surface area contributed by atoms with E-state index in [1.54, 1.807) is 30.3 Å². The third-order valence-electron chi connectivity index (χ3n) is 2.64. The van der Waals surface area contributed by atoms with Gasteiger partial charge in [-0.3, -0.25) is 4.79 Å². The molecule has 0 bridgehead atoms. The summed E-state index contributed by atoms with van der Waals surface area (Å²) in [6.07, 6.45) is 0. The molecule has 6 heteroatoms. The molecule has 0 aliphatic carbocycles. The van der Waals surface area contributed by atoms with Gasteiger partial charge < -0.3 is 15.8 Å². The molecular weight excluding hydrogens is 356 g/mol. The Morgan fingerprint density at radius 1 is 1.29 bits per heavy atom. The number of amides is 1. The molecule has 0 fully saturated rings. The average molecular weight is 370 g/mol. The Kier molecular flexibility index (Phi) is 5.47. The fraction of sp³-hybridized carbons (Fsp3) is 0.133. The van der Waals surface area contributed by atoms with Gasteiger partial charge in [0, 0.05) is 26.8 Å². The Bertz CT molecular complexity index is 629. The lowest BCUT2D eigenvalue weighted by Crippen LogP contribution is -2.28. The summed E-state index contributed by atoms with van der Waals surface area (Å²) in [5, 5.41) is 3.27. The highest BCUT2D eigenvalue weighted by Gasteiger charge is 2.07. The number of carbonyl (C=O) groups is 1. The van der Waals surface area contributed by atoms with Crippen LogP contribution >= 0.6 is 27.5 Å². The predicted octanol–water partition coefficient (Wildman–Crippen LogP) is 3.49. The van der Waals surface area contributed by atoms with Crippen molar-refractivity contribution >= 4 is 39.1 Å². The first kappa shape index (κ1) is 15.7. The van der Waals surface area contributed by atoms with Crippen LogP contribution in [0.3, 0.4) is 0 Å². The van der Waals surface area contributed by atoms with Gasteiger partial charge in [-0.25, -0.2) is 0 Å². The molecule has 0 aliphatic heterocycles. The second-order valence-corrected chi connectivity index (χ2v) is 5.69. The number of hydrogen-bond acceptors (Lipinski definition) is 3. The minimum absolute atomic E-state index is 0.200. The van der Waals surface area contributed by atoms with Crippen LogP contribution in [0.15, 0.2) is 46.9 Å². The van der Waals surface area contributed by atoms with Crippen LogP contribution in [0.2, 0.25) is 5.02 Å². The third-order valence-corrected chi connectivity index (χ3v) is 3.32. The summed E-state index contributed by atoms with van der Waals surface area (Å²) in [6.45, 7) is 0.745. The fourth-order valence-electron chi connectivity index (χ4n) is 1.72. The van der Waals surface area contributed by atoms with Crippen LogP contribution < -0.4 is 15.8 Å². The van der Waals surface area contributed by atoms with E-state index < -0.39 is 0 Å². The topological polar surface area (TPSA) is 64.3 Å². The molecule has 21 heavy (non-hydrogen) atoms. The maximum Gasteiger partial charge on any atom is 0.251 e. The molecule has 2 aromatic carbocycles. The van der Waals surface area contributed by atoms with Crippen LogP contribution in [0.25, 0.3) is 0 Å². The van der Waals surface area contributed by atoms with E-state index in [0.29, 0.717) is 35.2 Å². The molecular formula is C15H14BrClN2O2. The van der Waals surface area contributed by atoms with Gasteiger partial charge in [-0.1, -0.05) is 33.6 Å². The van der Waals surface area contributed by atoms with E-state index in [1.165, 1.54) is 0 Å². The summed E-state index contributed by atoms with van der Waals surface area (Å²) in [7, 11) is 0. The zero-order valence-electron chi connectivity index (χ0n) is 11.1. The van der Waals surface area contributed by atoms with Crippen molar-refractivity contribution in [1.29, 1.82) is 0 Å². The van der Waals surface area contributed by atoms with Gasteiger partial charge >= 0.3 is 0 Å². The van der Waals surface area contributed by atoms with Gasteiger partial charge in [-0.05, 0) is 30.3 Å². The first-order valence-corrected chi connectivity index (χ1v) is 7.44. The molecule has 0 aliphatic rings. The minimum atomic E-state index is -0.200.